The molecule has 4 rings (SSSR count). The highest BCUT2D eigenvalue weighted by Crippen LogP contribution is 2.29. The molecule has 0 bridgehead atoms. The number of halogens is 2. The van der Waals surface area contributed by atoms with Gasteiger partial charge in [-0.25, -0.2) is 0 Å². The molecule has 0 spiro atoms. The lowest BCUT2D eigenvalue weighted by molar-refractivity contribution is 0.389. The molecule has 2 nitrogen and oxygen atoms in total. The Morgan fingerprint density at radius 3 is 2.45 bits per heavy atom. The third-order valence-electron chi connectivity index (χ3n) is 6.38. The summed E-state index contributed by atoms with van der Waals surface area (Å²) >= 11 is 12.6. The van der Waals surface area contributed by atoms with Crippen LogP contribution in [0.3, 0.4) is 0 Å². The molecule has 154 valence electrons. The molecule has 4 heteroatoms. The zero-order chi connectivity index (χ0) is 20.2. The maximum absolute atomic E-state index is 6.47. The van der Waals surface area contributed by atoms with Crippen molar-refractivity contribution < 1.29 is 0 Å². The molecule has 0 saturated heterocycles. The van der Waals surface area contributed by atoms with Crippen molar-refractivity contribution in [2.75, 3.05) is 0 Å². The number of para-hydroxylation sites is 1. The Morgan fingerprint density at radius 2 is 1.69 bits per heavy atom. The summed E-state index contributed by atoms with van der Waals surface area (Å²) in [6.07, 6.45) is 9.50. The molecule has 0 radical (unpaired) electrons. The average Bonchev–Trinajstić information content (AvgIpc) is 2.95. The normalized spacial score (nSPS) is 16.1. The maximum Gasteiger partial charge on any atom is 0.0493 e. The summed E-state index contributed by atoms with van der Waals surface area (Å²) in [6.45, 7) is 3.92. The minimum absolute atomic E-state index is 0.641. The van der Waals surface area contributed by atoms with Gasteiger partial charge in [-0.3, -0.25) is 0 Å². The summed E-state index contributed by atoms with van der Waals surface area (Å²) in [5.41, 5.74) is 5.09. The second kappa shape index (κ2) is 9.55. The number of nitrogens with zero attached hydrogens (tertiary/aromatic N) is 1. The van der Waals surface area contributed by atoms with E-state index in [1.165, 1.54) is 67.1 Å². The summed E-state index contributed by atoms with van der Waals surface area (Å²) in [5.74, 6) is 0. The van der Waals surface area contributed by atoms with Crippen LogP contribution in [0, 0.1) is 6.92 Å². The molecule has 3 aromatic rings. The average molecular weight is 429 g/mol. The fraction of sp³-hybridized carbons (Fsp3) is 0.440. The molecule has 29 heavy (non-hydrogen) atoms. The number of hydrogen-bond donors (Lipinski definition) is 1. The van der Waals surface area contributed by atoms with Crippen molar-refractivity contribution in [1.29, 1.82) is 0 Å². The van der Waals surface area contributed by atoms with E-state index in [9.17, 15) is 0 Å². The predicted octanol–water partition coefficient (Wildman–Crippen LogP) is 7.51. The van der Waals surface area contributed by atoms with E-state index in [0.29, 0.717) is 11.1 Å². The van der Waals surface area contributed by atoms with Gasteiger partial charge in [-0.1, -0.05) is 79.6 Å². The van der Waals surface area contributed by atoms with Crippen LogP contribution in [0.5, 0.6) is 0 Å². The van der Waals surface area contributed by atoms with Gasteiger partial charge in [0.1, 0.15) is 0 Å². The lowest BCUT2D eigenvalue weighted by atomic mass is 9.96. The van der Waals surface area contributed by atoms with Gasteiger partial charge in [0.15, 0.2) is 0 Å². The first-order chi connectivity index (χ1) is 14.1. The van der Waals surface area contributed by atoms with Crippen LogP contribution in [0.15, 0.2) is 42.5 Å². The molecule has 1 aliphatic carbocycles. The van der Waals surface area contributed by atoms with Crippen molar-refractivity contribution in [1.82, 2.24) is 9.88 Å². The summed E-state index contributed by atoms with van der Waals surface area (Å²) < 4.78 is 2.39. The fourth-order valence-electron chi connectivity index (χ4n) is 4.66. The van der Waals surface area contributed by atoms with Crippen molar-refractivity contribution in [3.63, 3.8) is 0 Å². The molecule has 1 fully saturated rings. The number of aromatic nitrogens is 1. The molecule has 1 aliphatic rings. The highest BCUT2D eigenvalue weighted by molar-refractivity contribution is 6.35. The highest BCUT2D eigenvalue weighted by atomic mass is 35.5. The largest absolute Gasteiger partial charge is 0.340 e. The lowest BCUT2D eigenvalue weighted by Gasteiger charge is -2.21. The van der Waals surface area contributed by atoms with Gasteiger partial charge in [0.2, 0.25) is 0 Å². The standard InChI is InChI=1S/C25H30Cl2N2/c1-18-23(16-28-21-9-5-3-2-4-6-10-21)22-11-7-8-12-25(22)29(18)17-19-13-14-20(26)15-24(19)27/h7-8,11-15,21,28H,2-6,9-10,16-17H2,1H3. The van der Waals surface area contributed by atoms with Gasteiger partial charge in [-0.15, -0.1) is 0 Å². The zero-order valence-corrected chi connectivity index (χ0v) is 18.7. The van der Waals surface area contributed by atoms with Crippen LogP contribution in [0.25, 0.3) is 10.9 Å². The van der Waals surface area contributed by atoms with Gasteiger partial charge < -0.3 is 9.88 Å². The van der Waals surface area contributed by atoms with Gasteiger partial charge in [-0.05, 0) is 49.1 Å². The van der Waals surface area contributed by atoms with Crippen molar-refractivity contribution in [3.05, 3.63) is 69.3 Å². The van der Waals surface area contributed by atoms with Crippen LogP contribution in [0.1, 0.15) is 61.8 Å². The Morgan fingerprint density at radius 1 is 0.966 bits per heavy atom. The van der Waals surface area contributed by atoms with E-state index in [2.05, 4.69) is 41.1 Å². The Labute approximate surface area is 184 Å². The predicted molar refractivity (Wildman–Crippen MR) is 125 cm³/mol. The Bertz CT molecular complexity index is 968. The topological polar surface area (TPSA) is 17.0 Å². The van der Waals surface area contributed by atoms with E-state index in [1.54, 1.807) is 0 Å². The zero-order valence-electron chi connectivity index (χ0n) is 17.2. The molecular weight excluding hydrogens is 399 g/mol. The van der Waals surface area contributed by atoms with Crippen molar-refractivity contribution in [2.24, 2.45) is 0 Å². The molecule has 1 N–H and O–H groups in total. The first-order valence-corrected chi connectivity index (χ1v) is 11.6. The molecule has 0 amide bonds. The van der Waals surface area contributed by atoms with Crippen LogP contribution in [0.2, 0.25) is 10.0 Å². The number of nitrogens with one attached hydrogen (secondary N) is 1. The SMILES string of the molecule is Cc1c(CNC2CCCCCCC2)c2ccccc2n1Cc1ccc(Cl)cc1Cl. The second-order valence-electron chi connectivity index (χ2n) is 8.33. The summed E-state index contributed by atoms with van der Waals surface area (Å²) in [4.78, 5) is 0. The van der Waals surface area contributed by atoms with Crippen LogP contribution in [-0.2, 0) is 13.1 Å². The Balaban J connectivity index is 1.60. The molecule has 1 aromatic heterocycles. The molecule has 0 unspecified atom stereocenters. The number of hydrogen-bond acceptors (Lipinski definition) is 1. The van der Waals surface area contributed by atoms with Crippen molar-refractivity contribution in [3.8, 4) is 0 Å². The van der Waals surface area contributed by atoms with E-state index in [1.807, 2.05) is 18.2 Å². The van der Waals surface area contributed by atoms with Crippen LogP contribution < -0.4 is 5.32 Å². The van der Waals surface area contributed by atoms with Crippen molar-refractivity contribution in [2.45, 2.75) is 71.0 Å². The lowest BCUT2D eigenvalue weighted by Crippen LogP contribution is -2.29. The second-order valence-corrected chi connectivity index (χ2v) is 9.17. The quantitative estimate of drug-likeness (QED) is 0.444. The highest BCUT2D eigenvalue weighted by Gasteiger charge is 2.17. The molecular formula is C25H30Cl2N2. The monoisotopic (exact) mass is 428 g/mol. The van der Waals surface area contributed by atoms with Crippen LogP contribution >= 0.6 is 23.2 Å². The first-order valence-electron chi connectivity index (χ1n) is 10.9. The van der Waals surface area contributed by atoms with Gasteiger partial charge in [0, 0.05) is 45.8 Å². The molecule has 2 aromatic carbocycles. The number of rotatable bonds is 5. The van der Waals surface area contributed by atoms with Gasteiger partial charge in [0.25, 0.3) is 0 Å². The number of fused-ring (bicyclic) bond motifs is 1. The molecule has 0 atom stereocenters. The third kappa shape index (κ3) is 4.82. The smallest absolute Gasteiger partial charge is 0.0493 e. The fourth-order valence-corrected chi connectivity index (χ4v) is 5.12. The van der Waals surface area contributed by atoms with Gasteiger partial charge in [0.05, 0.1) is 0 Å². The first kappa shape index (κ1) is 20.8. The van der Waals surface area contributed by atoms with Gasteiger partial charge in [-0.2, -0.15) is 0 Å². The van der Waals surface area contributed by atoms with E-state index >= 15 is 0 Å². The van der Waals surface area contributed by atoms with E-state index in [-0.39, 0.29) is 0 Å². The van der Waals surface area contributed by atoms with Gasteiger partial charge >= 0.3 is 0 Å². The van der Waals surface area contributed by atoms with Crippen molar-refractivity contribution >= 4 is 34.1 Å². The summed E-state index contributed by atoms with van der Waals surface area (Å²) in [5, 5.41) is 6.62. The molecule has 1 heterocycles. The molecule has 1 saturated carbocycles. The van der Waals surface area contributed by atoms with Crippen LogP contribution in [-0.4, -0.2) is 10.6 Å². The summed E-state index contributed by atoms with van der Waals surface area (Å²) in [6, 6.07) is 15.1. The third-order valence-corrected chi connectivity index (χ3v) is 6.96. The Hall–Kier alpha value is -1.48. The number of benzene rings is 2. The Kier molecular flexibility index (Phi) is 6.85. The summed E-state index contributed by atoms with van der Waals surface area (Å²) in [7, 11) is 0. The van der Waals surface area contributed by atoms with Crippen LogP contribution in [0.4, 0.5) is 0 Å². The van der Waals surface area contributed by atoms with E-state index < -0.39 is 0 Å². The minimum Gasteiger partial charge on any atom is -0.340 e. The minimum atomic E-state index is 0.641. The van der Waals surface area contributed by atoms with E-state index in [4.69, 9.17) is 23.2 Å². The maximum atomic E-state index is 6.47. The molecule has 0 aliphatic heterocycles. The van der Waals surface area contributed by atoms with E-state index in [0.717, 1.165) is 23.7 Å².